The maximum Gasteiger partial charge on any atom is 0.119 e. The van der Waals surface area contributed by atoms with Crippen LogP contribution in [0.15, 0.2) is 60.7 Å². The minimum atomic E-state index is 0.776. The van der Waals surface area contributed by atoms with Gasteiger partial charge in [-0.25, -0.2) is 0 Å². The second-order valence-corrected chi connectivity index (χ2v) is 6.26. The van der Waals surface area contributed by atoms with Gasteiger partial charge in [0.2, 0.25) is 0 Å². The molecule has 22 heavy (non-hydrogen) atoms. The molecule has 0 saturated heterocycles. The Balaban J connectivity index is 1.97. The molecule has 3 aromatic rings. The summed E-state index contributed by atoms with van der Waals surface area (Å²) in [4.78, 5) is 3.55. The predicted molar refractivity (Wildman–Crippen MR) is 101 cm³/mol. The molecule has 1 heterocycles. The Morgan fingerprint density at radius 2 is 1.27 bits per heavy atom. The number of hydrogen-bond donors (Lipinski definition) is 0. The largest absolute Gasteiger partial charge is 0.291 e. The number of benzene rings is 3. The molecule has 0 atom stereocenters. The zero-order valence-corrected chi connectivity index (χ0v) is 13.7. The molecule has 0 bridgehead atoms. The fourth-order valence-electron chi connectivity index (χ4n) is 2.96. The lowest BCUT2D eigenvalue weighted by molar-refractivity contribution is 1.40. The van der Waals surface area contributed by atoms with Crippen LogP contribution >= 0.6 is 24.4 Å². The SMILES string of the molecule is Cc1ccc(N2C(=S)c3cccc4cccc(c34)C2=S)cc1. The number of nitrogens with zero attached hydrogens (tertiary/aromatic N) is 1. The molecule has 0 unspecified atom stereocenters. The molecule has 0 N–H and O–H groups in total. The standard InChI is InChI=1S/C19H13NS2/c1-12-8-10-14(11-9-12)20-18(21)15-6-2-4-13-5-3-7-16(17(13)15)19(20)22/h2-11H,1H3. The van der Waals surface area contributed by atoms with E-state index in [2.05, 4.69) is 67.6 Å². The first-order chi connectivity index (χ1) is 10.7. The molecule has 0 aromatic heterocycles. The Kier molecular flexibility index (Phi) is 3.06. The lowest BCUT2D eigenvalue weighted by Gasteiger charge is -2.32. The summed E-state index contributed by atoms with van der Waals surface area (Å²) in [6.07, 6.45) is 0. The van der Waals surface area contributed by atoms with E-state index in [0.717, 1.165) is 26.8 Å². The van der Waals surface area contributed by atoms with E-state index in [4.69, 9.17) is 24.4 Å². The van der Waals surface area contributed by atoms with Crippen molar-refractivity contribution >= 4 is 50.9 Å². The maximum absolute atomic E-state index is 5.75. The molecule has 0 fully saturated rings. The van der Waals surface area contributed by atoms with Gasteiger partial charge in [0.05, 0.1) is 0 Å². The van der Waals surface area contributed by atoms with E-state index in [0.29, 0.717) is 0 Å². The second kappa shape index (κ2) is 4.97. The van der Waals surface area contributed by atoms with Crippen LogP contribution in [-0.2, 0) is 0 Å². The summed E-state index contributed by atoms with van der Waals surface area (Å²) < 4.78 is 0. The average Bonchev–Trinajstić information content (AvgIpc) is 2.54. The van der Waals surface area contributed by atoms with Crippen LogP contribution in [0.1, 0.15) is 16.7 Å². The van der Waals surface area contributed by atoms with Crippen molar-refractivity contribution in [1.82, 2.24) is 0 Å². The number of hydrogen-bond acceptors (Lipinski definition) is 2. The highest BCUT2D eigenvalue weighted by molar-refractivity contribution is 7.83. The summed E-state index contributed by atoms with van der Waals surface area (Å²) >= 11 is 11.5. The Bertz CT molecular complexity index is 875. The van der Waals surface area contributed by atoms with Crippen LogP contribution in [-0.4, -0.2) is 9.98 Å². The minimum Gasteiger partial charge on any atom is -0.291 e. The third-order valence-corrected chi connectivity index (χ3v) is 4.87. The van der Waals surface area contributed by atoms with Crippen molar-refractivity contribution in [3.05, 3.63) is 77.4 Å². The zero-order valence-electron chi connectivity index (χ0n) is 12.0. The summed E-state index contributed by atoms with van der Waals surface area (Å²) in [6.45, 7) is 2.08. The van der Waals surface area contributed by atoms with Gasteiger partial charge in [-0.3, -0.25) is 4.90 Å². The van der Waals surface area contributed by atoms with Crippen LogP contribution in [0.25, 0.3) is 10.8 Å². The molecule has 3 aromatic carbocycles. The van der Waals surface area contributed by atoms with Gasteiger partial charge in [-0.2, -0.15) is 0 Å². The molecule has 0 saturated carbocycles. The van der Waals surface area contributed by atoms with Gasteiger partial charge in [-0.05, 0) is 24.4 Å². The van der Waals surface area contributed by atoms with Gasteiger partial charge in [0.25, 0.3) is 0 Å². The van der Waals surface area contributed by atoms with Gasteiger partial charge in [-0.1, -0.05) is 78.5 Å². The molecule has 0 radical (unpaired) electrons. The van der Waals surface area contributed by atoms with E-state index in [1.54, 1.807) is 0 Å². The summed E-state index contributed by atoms with van der Waals surface area (Å²) in [7, 11) is 0. The van der Waals surface area contributed by atoms with Crippen LogP contribution in [0.5, 0.6) is 0 Å². The van der Waals surface area contributed by atoms with Crippen molar-refractivity contribution < 1.29 is 0 Å². The number of thiocarbonyl (C=S) groups is 2. The zero-order chi connectivity index (χ0) is 15.3. The lowest BCUT2D eigenvalue weighted by Crippen LogP contribution is -2.39. The fraction of sp³-hybridized carbons (Fsp3) is 0.0526. The minimum absolute atomic E-state index is 0.776. The highest BCUT2D eigenvalue weighted by Gasteiger charge is 2.28. The number of anilines is 1. The van der Waals surface area contributed by atoms with Crippen LogP contribution in [0.2, 0.25) is 0 Å². The predicted octanol–water partition coefficient (Wildman–Crippen LogP) is 5.02. The first-order valence-electron chi connectivity index (χ1n) is 7.14. The molecule has 1 aliphatic heterocycles. The maximum atomic E-state index is 5.75. The molecule has 106 valence electrons. The van der Waals surface area contributed by atoms with Gasteiger partial charge in [0, 0.05) is 22.2 Å². The molecule has 1 nitrogen and oxygen atoms in total. The van der Waals surface area contributed by atoms with Crippen molar-refractivity contribution in [1.29, 1.82) is 0 Å². The van der Waals surface area contributed by atoms with Gasteiger partial charge >= 0.3 is 0 Å². The molecule has 1 aliphatic rings. The van der Waals surface area contributed by atoms with Crippen molar-refractivity contribution in [2.45, 2.75) is 6.92 Å². The monoisotopic (exact) mass is 319 g/mol. The quantitative estimate of drug-likeness (QED) is 0.580. The Labute approximate surface area is 140 Å². The van der Waals surface area contributed by atoms with Crippen molar-refractivity contribution in [3.8, 4) is 0 Å². The van der Waals surface area contributed by atoms with Crippen molar-refractivity contribution in [2.75, 3.05) is 4.90 Å². The average molecular weight is 319 g/mol. The third-order valence-electron chi connectivity index (χ3n) is 4.06. The lowest BCUT2D eigenvalue weighted by atomic mass is 9.94. The normalized spacial score (nSPS) is 13.8. The van der Waals surface area contributed by atoms with Gasteiger partial charge < -0.3 is 0 Å². The smallest absolute Gasteiger partial charge is 0.119 e. The van der Waals surface area contributed by atoms with E-state index in [1.165, 1.54) is 16.3 Å². The highest BCUT2D eigenvalue weighted by atomic mass is 32.1. The summed E-state index contributed by atoms with van der Waals surface area (Å²) in [6, 6.07) is 20.8. The number of rotatable bonds is 1. The van der Waals surface area contributed by atoms with E-state index >= 15 is 0 Å². The molecular weight excluding hydrogens is 306 g/mol. The van der Waals surface area contributed by atoms with Crippen LogP contribution in [0, 0.1) is 6.92 Å². The van der Waals surface area contributed by atoms with E-state index in [-0.39, 0.29) is 0 Å². The second-order valence-electron chi connectivity index (χ2n) is 5.49. The molecule has 4 rings (SSSR count). The molecule has 0 amide bonds. The first-order valence-corrected chi connectivity index (χ1v) is 7.95. The summed E-state index contributed by atoms with van der Waals surface area (Å²) in [5.74, 6) is 0. The van der Waals surface area contributed by atoms with E-state index < -0.39 is 0 Å². The van der Waals surface area contributed by atoms with Crippen molar-refractivity contribution in [3.63, 3.8) is 0 Å². The molecule has 0 aliphatic carbocycles. The van der Waals surface area contributed by atoms with Crippen LogP contribution in [0.4, 0.5) is 5.69 Å². The summed E-state index contributed by atoms with van der Waals surface area (Å²) in [5, 5.41) is 2.35. The Morgan fingerprint density at radius 1 is 0.727 bits per heavy atom. The van der Waals surface area contributed by atoms with Gasteiger partial charge in [0.15, 0.2) is 0 Å². The Hall–Kier alpha value is -2.10. The Morgan fingerprint density at radius 3 is 1.82 bits per heavy atom. The van der Waals surface area contributed by atoms with Crippen molar-refractivity contribution in [2.24, 2.45) is 0 Å². The summed E-state index contributed by atoms with van der Waals surface area (Å²) in [5.41, 5.74) is 4.40. The molecular formula is C19H13NS2. The molecule has 3 heteroatoms. The topological polar surface area (TPSA) is 3.24 Å². The first kappa shape index (κ1) is 13.6. The number of aryl methyl sites for hydroxylation is 1. The van der Waals surface area contributed by atoms with Gasteiger partial charge in [-0.15, -0.1) is 0 Å². The van der Waals surface area contributed by atoms with E-state index in [1.807, 2.05) is 4.90 Å². The third kappa shape index (κ3) is 1.90. The van der Waals surface area contributed by atoms with Crippen LogP contribution in [0.3, 0.4) is 0 Å². The van der Waals surface area contributed by atoms with Crippen LogP contribution < -0.4 is 4.90 Å². The van der Waals surface area contributed by atoms with Gasteiger partial charge in [0.1, 0.15) is 9.98 Å². The fourth-order valence-corrected chi connectivity index (χ4v) is 3.75. The molecule has 0 spiro atoms. The van der Waals surface area contributed by atoms with E-state index in [9.17, 15) is 0 Å². The highest BCUT2D eigenvalue weighted by Crippen LogP contribution is 2.33.